The summed E-state index contributed by atoms with van der Waals surface area (Å²) in [6, 6.07) is 5.82. The van der Waals surface area contributed by atoms with Gasteiger partial charge in [-0.05, 0) is 36.2 Å². The van der Waals surface area contributed by atoms with E-state index in [1.807, 2.05) is 18.2 Å². The number of nitrogens with two attached hydrogens (primary N) is 1. The van der Waals surface area contributed by atoms with Crippen molar-refractivity contribution in [2.24, 2.45) is 5.73 Å². The van der Waals surface area contributed by atoms with Crippen molar-refractivity contribution in [3.63, 3.8) is 0 Å². The molecule has 0 aliphatic rings. The first-order valence-corrected chi connectivity index (χ1v) is 4.97. The van der Waals surface area contributed by atoms with Gasteiger partial charge in [0.15, 0.2) is 0 Å². The van der Waals surface area contributed by atoms with E-state index in [0.29, 0.717) is 12.5 Å². The van der Waals surface area contributed by atoms with Crippen molar-refractivity contribution >= 4 is 27.5 Å². The van der Waals surface area contributed by atoms with Crippen LogP contribution in [0.25, 0.3) is 0 Å². The molecule has 0 aromatic heterocycles. The van der Waals surface area contributed by atoms with Gasteiger partial charge in [-0.1, -0.05) is 34.5 Å². The molecule has 1 aromatic rings. The van der Waals surface area contributed by atoms with Gasteiger partial charge >= 0.3 is 0 Å². The molecule has 0 spiro atoms. The van der Waals surface area contributed by atoms with Crippen LogP contribution in [0.1, 0.15) is 18.4 Å². The largest absolute Gasteiger partial charge is 0.330 e. The molecule has 0 saturated carbocycles. The SMILES string of the molecule is CC(CN)c1cc(Br)ccc1Cl. The highest BCUT2D eigenvalue weighted by Crippen LogP contribution is 2.26. The quantitative estimate of drug-likeness (QED) is 0.855. The third-order valence-corrected chi connectivity index (χ3v) is 2.68. The molecule has 1 nitrogen and oxygen atoms in total. The molecule has 0 amide bonds. The molecule has 0 fully saturated rings. The molecule has 2 N–H and O–H groups in total. The van der Waals surface area contributed by atoms with Gasteiger partial charge < -0.3 is 5.73 Å². The summed E-state index contributed by atoms with van der Waals surface area (Å²) < 4.78 is 1.04. The smallest absolute Gasteiger partial charge is 0.0441 e. The van der Waals surface area contributed by atoms with Crippen molar-refractivity contribution in [1.82, 2.24) is 0 Å². The Morgan fingerprint density at radius 1 is 1.58 bits per heavy atom. The number of rotatable bonds is 2. The summed E-state index contributed by atoms with van der Waals surface area (Å²) in [7, 11) is 0. The summed E-state index contributed by atoms with van der Waals surface area (Å²) in [6.07, 6.45) is 0. The highest BCUT2D eigenvalue weighted by Gasteiger charge is 2.07. The van der Waals surface area contributed by atoms with Crippen molar-refractivity contribution < 1.29 is 0 Å². The minimum atomic E-state index is 0.315. The number of hydrogen-bond donors (Lipinski definition) is 1. The minimum Gasteiger partial charge on any atom is -0.330 e. The van der Waals surface area contributed by atoms with E-state index in [2.05, 4.69) is 22.9 Å². The summed E-state index contributed by atoms with van der Waals surface area (Å²) in [5.41, 5.74) is 6.65. The van der Waals surface area contributed by atoms with E-state index in [-0.39, 0.29) is 0 Å². The van der Waals surface area contributed by atoms with Crippen LogP contribution < -0.4 is 5.73 Å². The van der Waals surface area contributed by atoms with Crippen molar-refractivity contribution in [1.29, 1.82) is 0 Å². The highest BCUT2D eigenvalue weighted by molar-refractivity contribution is 9.10. The van der Waals surface area contributed by atoms with E-state index >= 15 is 0 Å². The van der Waals surface area contributed by atoms with Crippen LogP contribution in [-0.2, 0) is 0 Å². The fraction of sp³-hybridized carbons (Fsp3) is 0.333. The van der Waals surface area contributed by atoms with Crippen LogP contribution in [0.2, 0.25) is 5.02 Å². The second-order valence-electron chi connectivity index (χ2n) is 2.80. The van der Waals surface area contributed by atoms with Gasteiger partial charge in [0.05, 0.1) is 0 Å². The molecular formula is C9H11BrClN. The zero-order valence-electron chi connectivity index (χ0n) is 6.85. The van der Waals surface area contributed by atoms with E-state index in [4.69, 9.17) is 17.3 Å². The van der Waals surface area contributed by atoms with Gasteiger partial charge in [-0.3, -0.25) is 0 Å². The predicted octanol–water partition coefficient (Wildman–Crippen LogP) is 3.16. The van der Waals surface area contributed by atoms with Crippen LogP contribution in [0.4, 0.5) is 0 Å². The molecule has 1 atom stereocenters. The predicted molar refractivity (Wildman–Crippen MR) is 56.6 cm³/mol. The lowest BCUT2D eigenvalue weighted by molar-refractivity contribution is 0.774. The van der Waals surface area contributed by atoms with Gasteiger partial charge in [-0.25, -0.2) is 0 Å². The van der Waals surface area contributed by atoms with E-state index in [1.54, 1.807) is 0 Å². The Morgan fingerprint density at radius 2 is 2.25 bits per heavy atom. The van der Waals surface area contributed by atoms with Crippen LogP contribution in [0.3, 0.4) is 0 Å². The maximum Gasteiger partial charge on any atom is 0.0441 e. The molecular weight excluding hydrogens is 237 g/mol. The first-order valence-electron chi connectivity index (χ1n) is 3.80. The van der Waals surface area contributed by atoms with Gasteiger partial charge in [0.2, 0.25) is 0 Å². The van der Waals surface area contributed by atoms with Crippen LogP contribution in [0.15, 0.2) is 22.7 Å². The average molecular weight is 249 g/mol. The molecule has 1 aromatic carbocycles. The molecule has 0 aliphatic heterocycles. The topological polar surface area (TPSA) is 26.0 Å². The lowest BCUT2D eigenvalue weighted by atomic mass is 10.0. The Hall–Kier alpha value is -0.0500. The summed E-state index contributed by atoms with van der Waals surface area (Å²) in [5.74, 6) is 0.315. The van der Waals surface area contributed by atoms with Crippen LogP contribution in [-0.4, -0.2) is 6.54 Å². The van der Waals surface area contributed by atoms with Crippen molar-refractivity contribution in [3.8, 4) is 0 Å². The Kier molecular flexibility index (Phi) is 3.56. The van der Waals surface area contributed by atoms with Gasteiger partial charge in [0.25, 0.3) is 0 Å². The Balaban J connectivity index is 3.04. The van der Waals surface area contributed by atoms with Gasteiger partial charge in [-0.2, -0.15) is 0 Å². The molecule has 0 bridgehead atoms. The molecule has 12 heavy (non-hydrogen) atoms. The fourth-order valence-electron chi connectivity index (χ4n) is 1.02. The van der Waals surface area contributed by atoms with E-state index < -0.39 is 0 Å². The normalized spacial score (nSPS) is 13.0. The molecule has 0 radical (unpaired) electrons. The van der Waals surface area contributed by atoms with Crippen LogP contribution in [0.5, 0.6) is 0 Å². The van der Waals surface area contributed by atoms with Crippen molar-refractivity contribution in [2.45, 2.75) is 12.8 Å². The molecule has 1 unspecified atom stereocenters. The zero-order chi connectivity index (χ0) is 9.14. The second-order valence-corrected chi connectivity index (χ2v) is 4.13. The van der Waals surface area contributed by atoms with E-state index in [9.17, 15) is 0 Å². The average Bonchev–Trinajstić information content (AvgIpc) is 2.08. The number of benzene rings is 1. The summed E-state index contributed by atoms with van der Waals surface area (Å²) in [6.45, 7) is 2.68. The minimum absolute atomic E-state index is 0.315. The summed E-state index contributed by atoms with van der Waals surface area (Å²) in [4.78, 5) is 0. The second kappa shape index (κ2) is 4.26. The maximum atomic E-state index is 5.99. The maximum absolute atomic E-state index is 5.99. The third-order valence-electron chi connectivity index (χ3n) is 1.84. The first-order chi connectivity index (χ1) is 5.65. The molecule has 0 aliphatic carbocycles. The summed E-state index contributed by atoms with van der Waals surface area (Å²) in [5, 5.41) is 0.788. The molecule has 0 heterocycles. The van der Waals surface area contributed by atoms with Crippen LogP contribution >= 0.6 is 27.5 Å². The van der Waals surface area contributed by atoms with Crippen molar-refractivity contribution in [2.75, 3.05) is 6.54 Å². The molecule has 0 saturated heterocycles. The molecule has 1 rings (SSSR count). The van der Waals surface area contributed by atoms with E-state index in [1.165, 1.54) is 0 Å². The third kappa shape index (κ3) is 2.22. The van der Waals surface area contributed by atoms with Gasteiger partial charge in [0.1, 0.15) is 0 Å². The van der Waals surface area contributed by atoms with Gasteiger partial charge in [0, 0.05) is 9.50 Å². The van der Waals surface area contributed by atoms with Gasteiger partial charge in [-0.15, -0.1) is 0 Å². The molecule has 66 valence electrons. The zero-order valence-corrected chi connectivity index (χ0v) is 9.19. The van der Waals surface area contributed by atoms with Crippen LogP contribution in [0, 0.1) is 0 Å². The lowest BCUT2D eigenvalue weighted by Crippen LogP contribution is -2.09. The number of halogens is 2. The molecule has 3 heteroatoms. The standard InChI is InChI=1S/C9H11BrClN/c1-6(5-12)8-4-7(10)2-3-9(8)11/h2-4,6H,5,12H2,1H3. The monoisotopic (exact) mass is 247 g/mol. The Labute approximate surface area is 86.0 Å². The highest BCUT2D eigenvalue weighted by atomic mass is 79.9. The Morgan fingerprint density at radius 3 is 2.83 bits per heavy atom. The Bertz CT molecular complexity index is 275. The van der Waals surface area contributed by atoms with Crippen molar-refractivity contribution in [3.05, 3.63) is 33.3 Å². The number of hydrogen-bond acceptors (Lipinski definition) is 1. The fourth-order valence-corrected chi connectivity index (χ4v) is 1.70. The first kappa shape index (κ1) is 10.0. The lowest BCUT2D eigenvalue weighted by Gasteiger charge is -2.10. The van der Waals surface area contributed by atoms with E-state index in [0.717, 1.165) is 15.1 Å². The summed E-state index contributed by atoms with van der Waals surface area (Å²) >= 11 is 9.39.